The fourth-order valence-corrected chi connectivity index (χ4v) is 2.72. The summed E-state index contributed by atoms with van der Waals surface area (Å²) in [5.41, 5.74) is -0.489. The third-order valence-electron chi connectivity index (χ3n) is 2.83. The zero-order valence-corrected chi connectivity index (χ0v) is 11.8. The molecule has 106 valence electrons. The number of nitrogens with one attached hydrogen (secondary N) is 1. The van der Waals surface area contributed by atoms with Crippen molar-refractivity contribution in [3.63, 3.8) is 0 Å². The second-order valence-corrected chi connectivity index (χ2v) is 5.22. The lowest BCUT2D eigenvalue weighted by atomic mass is 10.2. The first-order valence-corrected chi connectivity index (χ1v) is 6.74. The van der Waals surface area contributed by atoms with Crippen LogP contribution in [0.1, 0.15) is 37.1 Å². The van der Waals surface area contributed by atoms with Crippen LogP contribution in [-0.2, 0) is 17.5 Å². The molecule has 4 nitrogen and oxygen atoms in total. The smallest absolute Gasteiger partial charge is 0.355 e. The largest absolute Gasteiger partial charge is 0.436 e. The lowest BCUT2D eigenvalue weighted by Crippen LogP contribution is -2.28. The molecule has 1 aromatic heterocycles. The van der Waals surface area contributed by atoms with Gasteiger partial charge in [0, 0.05) is 12.5 Å². The molecule has 1 fully saturated rings. The Labute approximate surface area is 116 Å². The van der Waals surface area contributed by atoms with Crippen molar-refractivity contribution in [1.29, 1.82) is 0 Å². The van der Waals surface area contributed by atoms with Crippen molar-refractivity contribution >= 4 is 21.8 Å². The van der Waals surface area contributed by atoms with E-state index >= 15 is 0 Å². The minimum absolute atomic E-state index is 0.0354. The SMILES string of the molecule is CCNC(=O)Cn1nc(C(F)(F)F)c(Br)c1C1CC1. The number of amides is 1. The van der Waals surface area contributed by atoms with Crippen LogP contribution < -0.4 is 5.32 Å². The lowest BCUT2D eigenvalue weighted by Gasteiger charge is -2.06. The van der Waals surface area contributed by atoms with Gasteiger partial charge in [-0.3, -0.25) is 9.48 Å². The van der Waals surface area contributed by atoms with E-state index in [2.05, 4.69) is 26.3 Å². The molecule has 1 aliphatic carbocycles. The van der Waals surface area contributed by atoms with Crippen LogP contribution in [0, 0.1) is 0 Å². The number of nitrogens with zero attached hydrogens (tertiary/aromatic N) is 2. The summed E-state index contributed by atoms with van der Waals surface area (Å²) in [6, 6.07) is 0. The molecule has 19 heavy (non-hydrogen) atoms. The lowest BCUT2D eigenvalue weighted by molar-refractivity contribution is -0.142. The summed E-state index contributed by atoms with van der Waals surface area (Å²) >= 11 is 2.97. The van der Waals surface area contributed by atoms with E-state index in [9.17, 15) is 18.0 Å². The molecule has 0 atom stereocenters. The molecular formula is C11H13BrF3N3O. The van der Waals surface area contributed by atoms with E-state index in [1.54, 1.807) is 6.92 Å². The van der Waals surface area contributed by atoms with Crippen molar-refractivity contribution in [2.24, 2.45) is 0 Å². The van der Waals surface area contributed by atoms with Gasteiger partial charge >= 0.3 is 6.18 Å². The van der Waals surface area contributed by atoms with Gasteiger partial charge in [-0.1, -0.05) is 0 Å². The summed E-state index contributed by atoms with van der Waals surface area (Å²) in [6.07, 6.45) is -2.86. The molecule has 1 N–H and O–H groups in total. The molecule has 0 unspecified atom stereocenters. The fourth-order valence-electron chi connectivity index (χ4n) is 1.89. The predicted molar refractivity (Wildman–Crippen MR) is 65.6 cm³/mol. The molecular weight excluding hydrogens is 327 g/mol. The van der Waals surface area contributed by atoms with E-state index in [0.29, 0.717) is 12.2 Å². The summed E-state index contributed by atoms with van der Waals surface area (Å²) in [5, 5.41) is 6.10. The van der Waals surface area contributed by atoms with Gasteiger partial charge < -0.3 is 5.32 Å². The molecule has 0 radical (unpaired) electrons. The minimum atomic E-state index is -4.52. The zero-order valence-electron chi connectivity index (χ0n) is 10.2. The second-order valence-electron chi connectivity index (χ2n) is 4.43. The van der Waals surface area contributed by atoms with Crippen molar-refractivity contribution in [2.45, 2.75) is 38.4 Å². The Morgan fingerprint density at radius 1 is 1.53 bits per heavy atom. The number of aromatic nitrogens is 2. The maximum Gasteiger partial charge on any atom is 0.436 e. The topological polar surface area (TPSA) is 46.9 Å². The highest BCUT2D eigenvalue weighted by Crippen LogP contribution is 2.46. The maximum absolute atomic E-state index is 12.8. The van der Waals surface area contributed by atoms with E-state index < -0.39 is 11.9 Å². The Hall–Kier alpha value is -1.05. The first-order valence-electron chi connectivity index (χ1n) is 5.94. The van der Waals surface area contributed by atoms with Gasteiger partial charge in [-0.2, -0.15) is 18.3 Å². The van der Waals surface area contributed by atoms with Gasteiger partial charge in [0.05, 0.1) is 10.2 Å². The summed E-state index contributed by atoms with van der Waals surface area (Å²) in [7, 11) is 0. The third kappa shape index (κ3) is 3.10. The van der Waals surface area contributed by atoms with Crippen LogP contribution in [0.3, 0.4) is 0 Å². The normalized spacial score (nSPS) is 15.6. The van der Waals surface area contributed by atoms with Crippen molar-refractivity contribution in [2.75, 3.05) is 6.54 Å². The van der Waals surface area contributed by atoms with Gasteiger partial charge in [-0.05, 0) is 35.7 Å². The fraction of sp³-hybridized carbons (Fsp3) is 0.636. The van der Waals surface area contributed by atoms with Gasteiger partial charge in [0.2, 0.25) is 5.91 Å². The quantitative estimate of drug-likeness (QED) is 0.916. The molecule has 1 heterocycles. The Morgan fingerprint density at radius 2 is 2.16 bits per heavy atom. The van der Waals surface area contributed by atoms with Crippen LogP contribution >= 0.6 is 15.9 Å². The molecule has 0 bridgehead atoms. The molecule has 0 aromatic carbocycles. The summed E-state index contributed by atoms with van der Waals surface area (Å²) in [5.74, 6) is -0.277. The van der Waals surface area contributed by atoms with E-state index in [-0.39, 0.29) is 22.8 Å². The monoisotopic (exact) mass is 339 g/mol. The van der Waals surface area contributed by atoms with Crippen molar-refractivity contribution in [1.82, 2.24) is 15.1 Å². The average Bonchev–Trinajstić information content (AvgIpc) is 3.04. The van der Waals surface area contributed by atoms with Crippen molar-refractivity contribution in [3.05, 3.63) is 15.9 Å². The minimum Gasteiger partial charge on any atom is -0.355 e. The van der Waals surface area contributed by atoms with E-state index in [4.69, 9.17) is 0 Å². The molecule has 0 spiro atoms. The molecule has 0 saturated heterocycles. The van der Waals surface area contributed by atoms with Crippen LogP contribution in [0.4, 0.5) is 13.2 Å². The number of hydrogen-bond donors (Lipinski definition) is 1. The number of carbonyl (C=O) groups excluding carboxylic acids is 1. The van der Waals surface area contributed by atoms with E-state index in [1.165, 1.54) is 0 Å². The van der Waals surface area contributed by atoms with Crippen molar-refractivity contribution < 1.29 is 18.0 Å². The number of rotatable bonds is 4. The Bertz CT molecular complexity index is 494. The highest BCUT2D eigenvalue weighted by molar-refractivity contribution is 9.10. The number of alkyl halides is 3. The second kappa shape index (κ2) is 5.15. The van der Waals surface area contributed by atoms with Gasteiger partial charge in [-0.25, -0.2) is 0 Å². The van der Waals surface area contributed by atoms with Crippen molar-refractivity contribution in [3.8, 4) is 0 Å². The molecule has 2 rings (SSSR count). The van der Waals surface area contributed by atoms with E-state index in [1.807, 2.05) is 0 Å². The van der Waals surface area contributed by atoms with Crippen LogP contribution in [-0.4, -0.2) is 22.2 Å². The number of likely N-dealkylation sites (N-methyl/N-ethyl adjacent to an activating group) is 1. The van der Waals surface area contributed by atoms with Gasteiger partial charge in [0.1, 0.15) is 6.54 Å². The summed E-state index contributed by atoms with van der Waals surface area (Å²) in [6.45, 7) is 2.00. The average molecular weight is 340 g/mol. The summed E-state index contributed by atoms with van der Waals surface area (Å²) < 4.78 is 39.5. The number of hydrogen-bond acceptors (Lipinski definition) is 2. The highest BCUT2D eigenvalue weighted by atomic mass is 79.9. The molecule has 8 heteroatoms. The first-order chi connectivity index (χ1) is 8.84. The Kier molecular flexibility index (Phi) is 3.89. The van der Waals surface area contributed by atoms with Gasteiger partial charge in [0.15, 0.2) is 5.69 Å². The van der Waals surface area contributed by atoms with Crippen LogP contribution in [0.15, 0.2) is 4.47 Å². The Morgan fingerprint density at radius 3 is 2.63 bits per heavy atom. The molecule has 0 aliphatic heterocycles. The standard InChI is InChI=1S/C11H13BrF3N3O/c1-2-16-7(19)5-18-9(6-3-4-6)8(12)10(17-18)11(13,14)15/h6H,2-5H2,1H3,(H,16,19). The Balaban J connectivity index is 2.34. The predicted octanol–water partition coefficient (Wildman–Crippen LogP) is 2.68. The van der Waals surface area contributed by atoms with E-state index in [0.717, 1.165) is 17.5 Å². The van der Waals surface area contributed by atoms with Gasteiger partial charge in [-0.15, -0.1) is 0 Å². The molecule has 1 aliphatic rings. The zero-order chi connectivity index (χ0) is 14.2. The van der Waals surface area contributed by atoms with Crippen LogP contribution in [0.25, 0.3) is 0 Å². The highest BCUT2D eigenvalue weighted by Gasteiger charge is 2.41. The molecule has 1 aromatic rings. The number of halogens is 4. The molecule has 1 amide bonds. The summed E-state index contributed by atoms with van der Waals surface area (Å²) in [4.78, 5) is 11.5. The van der Waals surface area contributed by atoms with Crippen LogP contribution in [0.2, 0.25) is 0 Å². The number of carbonyl (C=O) groups is 1. The third-order valence-corrected chi connectivity index (χ3v) is 3.61. The van der Waals surface area contributed by atoms with Crippen LogP contribution in [0.5, 0.6) is 0 Å². The molecule has 1 saturated carbocycles. The van der Waals surface area contributed by atoms with Gasteiger partial charge in [0.25, 0.3) is 0 Å². The first kappa shape index (κ1) is 14.4. The maximum atomic E-state index is 12.8.